The summed E-state index contributed by atoms with van der Waals surface area (Å²) in [5.41, 5.74) is 6.97. The van der Waals surface area contributed by atoms with Crippen LogP contribution in [0.25, 0.3) is 0 Å². The van der Waals surface area contributed by atoms with Gasteiger partial charge in [0.05, 0.1) is 14.2 Å². The van der Waals surface area contributed by atoms with Gasteiger partial charge in [-0.3, -0.25) is 4.79 Å². The van der Waals surface area contributed by atoms with Crippen LogP contribution in [0.3, 0.4) is 0 Å². The zero-order valence-electron chi connectivity index (χ0n) is 10.2. The molecule has 0 aromatic heterocycles. The normalized spacial score (nSPS) is 12.0. The third kappa shape index (κ3) is 2.68. The molecule has 0 fully saturated rings. The van der Waals surface area contributed by atoms with Crippen molar-refractivity contribution in [3.05, 3.63) is 23.3 Å². The fourth-order valence-corrected chi connectivity index (χ4v) is 1.64. The van der Waals surface area contributed by atoms with Crippen LogP contribution in [0.2, 0.25) is 0 Å². The Morgan fingerprint density at radius 1 is 1.35 bits per heavy atom. The lowest BCUT2D eigenvalue weighted by Crippen LogP contribution is -2.21. The van der Waals surface area contributed by atoms with E-state index in [1.807, 2.05) is 6.92 Å². The quantitative estimate of drug-likeness (QED) is 0.810. The lowest BCUT2D eigenvalue weighted by atomic mass is 10.0. The highest BCUT2D eigenvalue weighted by Gasteiger charge is 2.21. The smallest absolute Gasteiger partial charge is 0.325 e. The van der Waals surface area contributed by atoms with Gasteiger partial charge in [-0.25, -0.2) is 0 Å². The molecule has 0 aliphatic heterocycles. The number of ether oxygens (including phenoxy) is 2. The summed E-state index contributed by atoms with van der Waals surface area (Å²) in [5, 5.41) is 8.93. The Morgan fingerprint density at radius 2 is 1.94 bits per heavy atom. The number of nitrogens with two attached hydrogens (primary N) is 1. The van der Waals surface area contributed by atoms with Crippen LogP contribution in [-0.2, 0) is 11.2 Å². The van der Waals surface area contributed by atoms with Gasteiger partial charge in [0, 0.05) is 11.6 Å². The zero-order valence-corrected chi connectivity index (χ0v) is 10.2. The number of hydrogen-bond acceptors (Lipinski definition) is 4. The summed E-state index contributed by atoms with van der Waals surface area (Å²) in [4.78, 5) is 10.9. The van der Waals surface area contributed by atoms with Gasteiger partial charge < -0.3 is 20.3 Å². The number of aliphatic carboxylic acids is 1. The molecule has 3 N–H and O–H groups in total. The van der Waals surface area contributed by atoms with Gasteiger partial charge in [0.25, 0.3) is 0 Å². The maximum Gasteiger partial charge on any atom is 0.325 e. The highest BCUT2D eigenvalue weighted by molar-refractivity contribution is 5.76. The lowest BCUT2D eigenvalue weighted by molar-refractivity contribution is -0.138. The standard InChI is InChI=1S/C12H17NO4/c1-4-7-5-8(11(13)12(14)15)10(17-3)6-9(7)16-2/h5-6,11H,4,13H2,1-3H3,(H,14,15). The molecule has 0 spiro atoms. The minimum atomic E-state index is -1.10. The summed E-state index contributed by atoms with van der Waals surface area (Å²) >= 11 is 0. The van der Waals surface area contributed by atoms with Gasteiger partial charge in [0.1, 0.15) is 17.5 Å². The summed E-state index contributed by atoms with van der Waals surface area (Å²) in [5.74, 6) is 0.00941. The van der Waals surface area contributed by atoms with Gasteiger partial charge in [-0.2, -0.15) is 0 Å². The highest BCUT2D eigenvalue weighted by atomic mass is 16.5. The maximum atomic E-state index is 10.9. The summed E-state index contributed by atoms with van der Waals surface area (Å²) in [6.07, 6.45) is 0.729. The van der Waals surface area contributed by atoms with E-state index in [1.54, 1.807) is 19.2 Å². The molecule has 1 aromatic carbocycles. The van der Waals surface area contributed by atoms with Crippen LogP contribution in [0, 0.1) is 0 Å². The average Bonchev–Trinajstić information content (AvgIpc) is 2.35. The first-order chi connectivity index (χ1) is 8.04. The number of rotatable bonds is 5. The Balaban J connectivity index is 3.33. The highest BCUT2D eigenvalue weighted by Crippen LogP contribution is 2.32. The molecule has 94 valence electrons. The van der Waals surface area contributed by atoms with Gasteiger partial charge in [-0.05, 0) is 18.1 Å². The Labute approximate surface area is 100 Å². The molecule has 1 atom stereocenters. The van der Waals surface area contributed by atoms with E-state index in [4.69, 9.17) is 20.3 Å². The maximum absolute atomic E-state index is 10.9. The summed E-state index contributed by atoms with van der Waals surface area (Å²) in [6, 6.07) is 2.29. The van der Waals surface area contributed by atoms with Crippen LogP contribution in [0.4, 0.5) is 0 Å². The molecule has 0 saturated carbocycles. The molecule has 0 heterocycles. The Bertz CT molecular complexity index is 417. The van der Waals surface area contributed by atoms with Gasteiger partial charge in [-0.1, -0.05) is 6.92 Å². The van der Waals surface area contributed by atoms with Crippen molar-refractivity contribution in [2.45, 2.75) is 19.4 Å². The van der Waals surface area contributed by atoms with Gasteiger partial charge in [0.2, 0.25) is 0 Å². The first-order valence-electron chi connectivity index (χ1n) is 5.28. The third-order valence-corrected chi connectivity index (χ3v) is 2.61. The molecule has 0 radical (unpaired) electrons. The van der Waals surface area contributed by atoms with E-state index in [-0.39, 0.29) is 0 Å². The van der Waals surface area contributed by atoms with E-state index in [1.165, 1.54) is 7.11 Å². The molecule has 5 nitrogen and oxygen atoms in total. The number of benzene rings is 1. The average molecular weight is 239 g/mol. The Hall–Kier alpha value is -1.75. The van der Waals surface area contributed by atoms with Crippen molar-refractivity contribution in [1.29, 1.82) is 0 Å². The van der Waals surface area contributed by atoms with E-state index in [0.717, 1.165) is 12.0 Å². The number of methoxy groups -OCH3 is 2. The van der Waals surface area contributed by atoms with Crippen molar-refractivity contribution in [1.82, 2.24) is 0 Å². The fraction of sp³-hybridized carbons (Fsp3) is 0.417. The van der Waals surface area contributed by atoms with Crippen molar-refractivity contribution in [3.63, 3.8) is 0 Å². The van der Waals surface area contributed by atoms with Crippen molar-refractivity contribution >= 4 is 5.97 Å². The second-order valence-electron chi connectivity index (χ2n) is 3.58. The molecule has 1 unspecified atom stereocenters. The Morgan fingerprint density at radius 3 is 2.35 bits per heavy atom. The monoisotopic (exact) mass is 239 g/mol. The van der Waals surface area contributed by atoms with Crippen molar-refractivity contribution in [2.24, 2.45) is 5.73 Å². The van der Waals surface area contributed by atoms with Crippen molar-refractivity contribution in [2.75, 3.05) is 14.2 Å². The minimum Gasteiger partial charge on any atom is -0.496 e. The van der Waals surface area contributed by atoms with Gasteiger partial charge in [0.15, 0.2) is 0 Å². The molecule has 5 heteroatoms. The van der Waals surface area contributed by atoms with Crippen LogP contribution in [-0.4, -0.2) is 25.3 Å². The van der Waals surface area contributed by atoms with E-state index in [9.17, 15) is 4.79 Å². The van der Waals surface area contributed by atoms with Gasteiger partial charge in [-0.15, -0.1) is 0 Å². The van der Waals surface area contributed by atoms with Crippen LogP contribution in [0.5, 0.6) is 11.5 Å². The van der Waals surface area contributed by atoms with E-state index in [2.05, 4.69) is 0 Å². The number of carboxylic acid groups (broad SMARTS) is 1. The molecule has 0 bridgehead atoms. The number of aryl methyl sites for hydroxylation is 1. The largest absolute Gasteiger partial charge is 0.496 e. The topological polar surface area (TPSA) is 81.8 Å². The lowest BCUT2D eigenvalue weighted by Gasteiger charge is -2.16. The Kier molecular flexibility index (Phi) is 4.34. The van der Waals surface area contributed by atoms with E-state index >= 15 is 0 Å². The van der Waals surface area contributed by atoms with Crippen LogP contribution < -0.4 is 15.2 Å². The zero-order chi connectivity index (χ0) is 13.0. The predicted octanol–water partition coefficient (Wildman–Crippen LogP) is 1.35. The summed E-state index contributed by atoms with van der Waals surface area (Å²) in [6.45, 7) is 1.96. The number of hydrogen-bond donors (Lipinski definition) is 2. The number of carbonyl (C=O) groups is 1. The second-order valence-corrected chi connectivity index (χ2v) is 3.58. The fourth-order valence-electron chi connectivity index (χ4n) is 1.64. The molecule has 17 heavy (non-hydrogen) atoms. The number of carboxylic acids is 1. The predicted molar refractivity (Wildman–Crippen MR) is 63.5 cm³/mol. The SMILES string of the molecule is CCc1cc(C(N)C(=O)O)c(OC)cc1OC. The molecule has 0 saturated heterocycles. The van der Waals surface area contributed by atoms with Gasteiger partial charge >= 0.3 is 5.97 Å². The van der Waals surface area contributed by atoms with E-state index in [0.29, 0.717) is 17.1 Å². The molecular formula is C12H17NO4. The molecule has 1 aromatic rings. The van der Waals surface area contributed by atoms with Crippen LogP contribution in [0.1, 0.15) is 24.1 Å². The molecule has 0 amide bonds. The minimum absolute atomic E-state index is 0.425. The molecule has 1 rings (SSSR count). The van der Waals surface area contributed by atoms with Crippen molar-refractivity contribution in [3.8, 4) is 11.5 Å². The second kappa shape index (κ2) is 5.54. The first kappa shape index (κ1) is 13.3. The first-order valence-corrected chi connectivity index (χ1v) is 5.28. The molecule has 0 aliphatic rings. The van der Waals surface area contributed by atoms with Crippen LogP contribution in [0.15, 0.2) is 12.1 Å². The van der Waals surface area contributed by atoms with E-state index < -0.39 is 12.0 Å². The summed E-state index contributed by atoms with van der Waals surface area (Å²) < 4.78 is 10.3. The third-order valence-electron chi connectivity index (χ3n) is 2.61. The summed E-state index contributed by atoms with van der Waals surface area (Å²) in [7, 11) is 3.03. The molecular weight excluding hydrogens is 222 g/mol. The van der Waals surface area contributed by atoms with Crippen LogP contribution >= 0.6 is 0 Å². The van der Waals surface area contributed by atoms with Crippen molar-refractivity contribution < 1.29 is 19.4 Å². The molecule has 0 aliphatic carbocycles.